The fourth-order valence-electron chi connectivity index (χ4n) is 2.99. The molecule has 21 heavy (non-hydrogen) atoms. The molecule has 0 aromatic heterocycles. The van der Waals surface area contributed by atoms with Gasteiger partial charge in [0.1, 0.15) is 6.23 Å². The summed E-state index contributed by atoms with van der Waals surface area (Å²) in [5.41, 5.74) is 0. The van der Waals surface area contributed by atoms with Gasteiger partial charge in [0.25, 0.3) is 0 Å². The van der Waals surface area contributed by atoms with Gasteiger partial charge in [0, 0.05) is 19.6 Å². The van der Waals surface area contributed by atoms with Gasteiger partial charge in [-0.1, -0.05) is 64.7 Å². The zero-order valence-electron chi connectivity index (χ0n) is 14.2. The maximum absolute atomic E-state index is 11.6. The van der Waals surface area contributed by atoms with E-state index in [1.807, 2.05) is 11.8 Å². The topological polar surface area (TPSA) is 29.5 Å². The molecule has 1 aliphatic heterocycles. The molecule has 0 aromatic rings. The molecule has 1 unspecified atom stereocenters. The number of hydrogen-bond acceptors (Lipinski definition) is 2. The van der Waals surface area contributed by atoms with E-state index in [0.29, 0.717) is 6.42 Å². The number of carbonyl (C=O) groups is 1. The summed E-state index contributed by atoms with van der Waals surface area (Å²) >= 11 is 0. The Morgan fingerprint density at radius 3 is 2.10 bits per heavy atom. The van der Waals surface area contributed by atoms with Crippen molar-refractivity contribution >= 4 is 5.91 Å². The number of rotatable bonds is 13. The molecular weight excluding hydrogens is 262 g/mol. The molecule has 1 atom stereocenters. The van der Waals surface area contributed by atoms with Crippen LogP contribution in [0.1, 0.15) is 90.9 Å². The molecule has 124 valence electrons. The van der Waals surface area contributed by atoms with Crippen molar-refractivity contribution in [2.45, 2.75) is 97.1 Å². The van der Waals surface area contributed by atoms with Crippen molar-refractivity contribution in [3.05, 3.63) is 0 Å². The molecule has 0 saturated carbocycles. The molecule has 0 N–H and O–H groups in total. The summed E-state index contributed by atoms with van der Waals surface area (Å²) in [6, 6.07) is 0. The highest BCUT2D eigenvalue weighted by molar-refractivity contribution is 5.78. The van der Waals surface area contributed by atoms with Gasteiger partial charge in [-0.25, -0.2) is 0 Å². The smallest absolute Gasteiger partial charge is 0.224 e. The van der Waals surface area contributed by atoms with Crippen molar-refractivity contribution < 1.29 is 9.53 Å². The number of likely N-dealkylation sites (tertiary alicyclic amines) is 1. The lowest BCUT2D eigenvalue weighted by atomic mass is 10.1. The summed E-state index contributed by atoms with van der Waals surface area (Å²) in [5.74, 6) is 0.255. The zero-order valence-corrected chi connectivity index (χ0v) is 14.2. The molecule has 1 heterocycles. The van der Waals surface area contributed by atoms with E-state index in [1.54, 1.807) is 0 Å². The standard InChI is InChI=1S/C18H35NO2/c1-3-4-5-6-7-8-9-10-11-12-16-21-17(2)19-15-13-14-18(19)20/h17H,3-16H2,1-2H3. The van der Waals surface area contributed by atoms with Gasteiger partial charge in [0.2, 0.25) is 5.91 Å². The highest BCUT2D eigenvalue weighted by atomic mass is 16.5. The van der Waals surface area contributed by atoms with E-state index in [9.17, 15) is 4.79 Å². The molecule has 0 radical (unpaired) electrons. The summed E-state index contributed by atoms with van der Waals surface area (Å²) < 4.78 is 5.77. The van der Waals surface area contributed by atoms with Crippen LogP contribution in [0, 0.1) is 0 Å². The Kier molecular flexibility index (Phi) is 10.6. The molecule has 1 saturated heterocycles. The third kappa shape index (κ3) is 8.45. The van der Waals surface area contributed by atoms with Crippen LogP contribution in [0.3, 0.4) is 0 Å². The largest absolute Gasteiger partial charge is 0.359 e. The highest BCUT2D eigenvalue weighted by Crippen LogP contribution is 2.15. The first-order valence-electron chi connectivity index (χ1n) is 9.16. The monoisotopic (exact) mass is 297 g/mol. The average molecular weight is 297 g/mol. The first-order valence-corrected chi connectivity index (χ1v) is 9.16. The minimum atomic E-state index is -0.0291. The maximum Gasteiger partial charge on any atom is 0.224 e. The Morgan fingerprint density at radius 1 is 1.00 bits per heavy atom. The van der Waals surface area contributed by atoms with Crippen molar-refractivity contribution in [3.63, 3.8) is 0 Å². The Balaban J connectivity index is 1.83. The van der Waals surface area contributed by atoms with Crippen molar-refractivity contribution in [2.24, 2.45) is 0 Å². The Hall–Kier alpha value is -0.570. The minimum Gasteiger partial charge on any atom is -0.359 e. The van der Waals surface area contributed by atoms with Crippen LogP contribution >= 0.6 is 0 Å². The van der Waals surface area contributed by atoms with Crippen LogP contribution in [-0.2, 0) is 9.53 Å². The summed E-state index contributed by atoms with van der Waals surface area (Å²) in [6.45, 7) is 5.93. The van der Waals surface area contributed by atoms with Gasteiger partial charge in [-0.05, 0) is 19.8 Å². The lowest BCUT2D eigenvalue weighted by Crippen LogP contribution is -2.36. The Bertz CT molecular complexity index is 268. The van der Waals surface area contributed by atoms with Crippen molar-refractivity contribution in [2.75, 3.05) is 13.2 Å². The van der Waals surface area contributed by atoms with E-state index < -0.39 is 0 Å². The number of hydrogen-bond donors (Lipinski definition) is 0. The maximum atomic E-state index is 11.6. The molecule has 1 rings (SSSR count). The lowest BCUT2D eigenvalue weighted by Gasteiger charge is -2.24. The summed E-state index contributed by atoms with van der Waals surface area (Å²) in [5, 5.41) is 0. The quantitative estimate of drug-likeness (QED) is 0.453. The van der Waals surface area contributed by atoms with Gasteiger partial charge in [-0.15, -0.1) is 0 Å². The fraction of sp³-hybridized carbons (Fsp3) is 0.944. The van der Waals surface area contributed by atoms with E-state index in [1.165, 1.54) is 57.8 Å². The van der Waals surface area contributed by atoms with E-state index in [4.69, 9.17) is 4.74 Å². The summed E-state index contributed by atoms with van der Waals surface area (Å²) in [6.07, 6.45) is 15.1. The SMILES string of the molecule is CCCCCCCCCCCCOC(C)N1CCCC1=O. The molecule has 0 aromatic carbocycles. The summed E-state index contributed by atoms with van der Waals surface area (Å²) in [4.78, 5) is 13.4. The molecule has 3 heteroatoms. The van der Waals surface area contributed by atoms with Gasteiger partial charge >= 0.3 is 0 Å². The first-order chi connectivity index (χ1) is 10.3. The summed E-state index contributed by atoms with van der Waals surface area (Å²) in [7, 11) is 0. The van der Waals surface area contributed by atoms with E-state index in [2.05, 4.69) is 6.92 Å². The molecule has 0 bridgehead atoms. The number of nitrogens with zero attached hydrogens (tertiary/aromatic N) is 1. The number of carbonyl (C=O) groups excluding carboxylic acids is 1. The second-order valence-electron chi connectivity index (χ2n) is 6.34. The average Bonchev–Trinajstić information content (AvgIpc) is 2.91. The van der Waals surface area contributed by atoms with Gasteiger partial charge in [0.15, 0.2) is 0 Å². The second kappa shape index (κ2) is 12.0. The Morgan fingerprint density at radius 2 is 1.57 bits per heavy atom. The molecule has 0 aliphatic carbocycles. The second-order valence-corrected chi connectivity index (χ2v) is 6.34. The number of unbranched alkanes of at least 4 members (excludes halogenated alkanes) is 9. The predicted octanol–water partition coefficient (Wildman–Crippen LogP) is 4.89. The van der Waals surface area contributed by atoms with Crippen LogP contribution < -0.4 is 0 Å². The van der Waals surface area contributed by atoms with Crippen LogP contribution in [0.2, 0.25) is 0 Å². The first kappa shape index (κ1) is 18.5. The molecule has 1 aliphatic rings. The van der Waals surface area contributed by atoms with Crippen molar-refractivity contribution in [1.29, 1.82) is 0 Å². The van der Waals surface area contributed by atoms with Gasteiger partial charge in [-0.2, -0.15) is 0 Å². The Labute approximate surface area is 131 Å². The fourth-order valence-corrected chi connectivity index (χ4v) is 2.99. The molecular formula is C18H35NO2. The van der Waals surface area contributed by atoms with Crippen LogP contribution in [0.25, 0.3) is 0 Å². The van der Waals surface area contributed by atoms with E-state index in [0.717, 1.165) is 26.0 Å². The van der Waals surface area contributed by atoms with Crippen molar-refractivity contribution in [3.8, 4) is 0 Å². The highest BCUT2D eigenvalue weighted by Gasteiger charge is 2.24. The van der Waals surface area contributed by atoms with Gasteiger partial charge < -0.3 is 9.64 Å². The third-order valence-electron chi connectivity index (χ3n) is 4.41. The van der Waals surface area contributed by atoms with E-state index in [-0.39, 0.29) is 12.1 Å². The minimum absolute atomic E-state index is 0.0291. The van der Waals surface area contributed by atoms with Gasteiger partial charge in [0.05, 0.1) is 0 Å². The zero-order chi connectivity index (χ0) is 15.3. The normalized spacial score (nSPS) is 16.7. The van der Waals surface area contributed by atoms with Gasteiger partial charge in [-0.3, -0.25) is 4.79 Å². The lowest BCUT2D eigenvalue weighted by molar-refractivity contribution is -0.139. The molecule has 1 fully saturated rings. The molecule has 0 spiro atoms. The number of ether oxygens (including phenoxy) is 1. The predicted molar refractivity (Wildman–Crippen MR) is 88.2 cm³/mol. The van der Waals surface area contributed by atoms with Crippen molar-refractivity contribution in [1.82, 2.24) is 4.90 Å². The molecule has 1 amide bonds. The third-order valence-corrected chi connectivity index (χ3v) is 4.41. The van der Waals surface area contributed by atoms with Crippen LogP contribution in [0.4, 0.5) is 0 Å². The number of amides is 1. The van der Waals surface area contributed by atoms with Crippen LogP contribution in [-0.4, -0.2) is 30.2 Å². The molecule has 3 nitrogen and oxygen atoms in total. The van der Waals surface area contributed by atoms with E-state index >= 15 is 0 Å². The van der Waals surface area contributed by atoms with Crippen LogP contribution in [0.15, 0.2) is 0 Å². The van der Waals surface area contributed by atoms with Crippen LogP contribution in [0.5, 0.6) is 0 Å².